The molecule has 0 aliphatic rings. The summed E-state index contributed by atoms with van der Waals surface area (Å²) in [5.41, 5.74) is 1.17. The Bertz CT molecular complexity index is 494. The minimum absolute atomic E-state index is 0.692. The molecule has 0 saturated heterocycles. The fourth-order valence-electron chi connectivity index (χ4n) is 2.36. The Morgan fingerprint density at radius 1 is 1.08 bits per heavy atom. The molecule has 0 heterocycles. The zero-order valence-corrected chi connectivity index (χ0v) is 16.2. The first-order chi connectivity index (χ1) is 12.2. The van der Waals surface area contributed by atoms with Gasteiger partial charge in [-0.15, -0.1) is 0 Å². The maximum absolute atomic E-state index is 5.79. The topological polar surface area (TPSA) is 58.1 Å². The Hall–Kier alpha value is -1.79. The molecule has 6 heteroatoms. The number of rotatable bonds is 12. The predicted molar refractivity (Wildman–Crippen MR) is 105 cm³/mol. The lowest BCUT2D eigenvalue weighted by Gasteiger charge is -2.18. The molecular formula is C19H34N4O2. The molecule has 0 radical (unpaired) electrons. The molecule has 0 aromatic heterocycles. The lowest BCUT2D eigenvalue weighted by atomic mass is 10.2. The van der Waals surface area contributed by atoms with Crippen molar-refractivity contribution >= 4 is 5.96 Å². The number of methoxy groups -OCH3 is 1. The average Bonchev–Trinajstić information content (AvgIpc) is 2.61. The molecule has 142 valence electrons. The number of nitrogens with zero attached hydrogens (tertiary/aromatic N) is 2. The summed E-state index contributed by atoms with van der Waals surface area (Å²) in [7, 11) is 5.65. The van der Waals surface area contributed by atoms with Gasteiger partial charge in [0, 0.05) is 46.9 Å². The van der Waals surface area contributed by atoms with Crippen LogP contribution in [0, 0.1) is 6.92 Å². The molecule has 0 fully saturated rings. The van der Waals surface area contributed by atoms with E-state index in [-0.39, 0.29) is 0 Å². The third-order valence-electron chi connectivity index (χ3n) is 3.86. The van der Waals surface area contributed by atoms with Gasteiger partial charge in [0.05, 0.1) is 6.61 Å². The minimum atomic E-state index is 0.692. The van der Waals surface area contributed by atoms with E-state index in [1.165, 1.54) is 5.56 Å². The van der Waals surface area contributed by atoms with Crippen molar-refractivity contribution in [2.45, 2.75) is 19.8 Å². The summed E-state index contributed by atoms with van der Waals surface area (Å²) in [5.74, 6) is 1.79. The number of hydrogen-bond acceptors (Lipinski definition) is 4. The van der Waals surface area contributed by atoms with Gasteiger partial charge in [0.25, 0.3) is 0 Å². The van der Waals surface area contributed by atoms with Crippen LogP contribution < -0.4 is 15.4 Å². The minimum Gasteiger partial charge on any atom is -0.493 e. The first-order valence-electron chi connectivity index (χ1n) is 8.97. The summed E-state index contributed by atoms with van der Waals surface area (Å²) in [4.78, 5) is 6.53. The summed E-state index contributed by atoms with van der Waals surface area (Å²) in [6, 6.07) is 8.09. The van der Waals surface area contributed by atoms with E-state index in [1.54, 1.807) is 14.2 Å². The second-order valence-corrected chi connectivity index (χ2v) is 6.04. The molecule has 2 N–H and O–H groups in total. The maximum Gasteiger partial charge on any atom is 0.191 e. The van der Waals surface area contributed by atoms with Gasteiger partial charge in [0.1, 0.15) is 5.75 Å². The van der Waals surface area contributed by atoms with Crippen LogP contribution >= 0.6 is 0 Å². The van der Waals surface area contributed by atoms with Gasteiger partial charge in [-0.05, 0) is 38.4 Å². The molecule has 0 aliphatic carbocycles. The summed E-state index contributed by atoms with van der Waals surface area (Å²) in [6.45, 7) is 7.27. The third kappa shape index (κ3) is 9.94. The second kappa shape index (κ2) is 13.5. The van der Waals surface area contributed by atoms with Crippen molar-refractivity contribution in [3.8, 4) is 5.75 Å². The number of aliphatic imine (C=N–C) groups is 1. The van der Waals surface area contributed by atoms with E-state index in [2.05, 4.69) is 40.6 Å². The Balaban J connectivity index is 2.09. The summed E-state index contributed by atoms with van der Waals surface area (Å²) >= 11 is 0. The lowest BCUT2D eigenvalue weighted by Crippen LogP contribution is -2.41. The van der Waals surface area contributed by atoms with Crippen LogP contribution in [0.2, 0.25) is 0 Å². The van der Waals surface area contributed by atoms with Crippen molar-refractivity contribution in [1.82, 2.24) is 15.5 Å². The van der Waals surface area contributed by atoms with Gasteiger partial charge in [0.2, 0.25) is 0 Å². The number of para-hydroxylation sites is 1. The smallest absolute Gasteiger partial charge is 0.191 e. The molecule has 1 aromatic rings. The molecule has 1 rings (SSSR count). The van der Waals surface area contributed by atoms with Crippen LogP contribution in [0.5, 0.6) is 5.75 Å². The zero-order valence-electron chi connectivity index (χ0n) is 16.2. The molecule has 1 aromatic carbocycles. The van der Waals surface area contributed by atoms with Crippen LogP contribution in [-0.4, -0.2) is 71.5 Å². The Labute approximate surface area is 152 Å². The average molecular weight is 351 g/mol. The van der Waals surface area contributed by atoms with Crippen LogP contribution in [0.3, 0.4) is 0 Å². The van der Waals surface area contributed by atoms with Gasteiger partial charge < -0.3 is 25.0 Å². The highest BCUT2D eigenvalue weighted by Crippen LogP contribution is 2.15. The fourth-order valence-corrected chi connectivity index (χ4v) is 2.36. The van der Waals surface area contributed by atoms with Crippen molar-refractivity contribution in [2.24, 2.45) is 4.99 Å². The molecule has 25 heavy (non-hydrogen) atoms. The van der Waals surface area contributed by atoms with Gasteiger partial charge in [0.15, 0.2) is 5.96 Å². The number of likely N-dealkylation sites (N-methyl/N-ethyl adjacent to an activating group) is 1. The van der Waals surface area contributed by atoms with Crippen LogP contribution in [0.1, 0.15) is 18.4 Å². The first kappa shape index (κ1) is 21.3. The highest BCUT2D eigenvalue weighted by Gasteiger charge is 2.01. The Morgan fingerprint density at radius 2 is 1.84 bits per heavy atom. The summed E-state index contributed by atoms with van der Waals surface area (Å²) < 4.78 is 10.9. The molecule has 0 aliphatic heterocycles. The zero-order chi connectivity index (χ0) is 18.3. The third-order valence-corrected chi connectivity index (χ3v) is 3.86. The van der Waals surface area contributed by atoms with Gasteiger partial charge in [-0.2, -0.15) is 0 Å². The predicted octanol–water partition coefficient (Wildman–Crippen LogP) is 1.90. The van der Waals surface area contributed by atoms with E-state index in [4.69, 9.17) is 9.47 Å². The van der Waals surface area contributed by atoms with E-state index in [1.807, 2.05) is 18.2 Å². The van der Waals surface area contributed by atoms with E-state index < -0.39 is 0 Å². The Morgan fingerprint density at radius 3 is 2.56 bits per heavy atom. The van der Waals surface area contributed by atoms with Crippen LogP contribution in [0.25, 0.3) is 0 Å². The lowest BCUT2D eigenvalue weighted by molar-refractivity contribution is 0.180. The summed E-state index contributed by atoms with van der Waals surface area (Å²) in [5, 5.41) is 6.65. The molecule has 0 spiro atoms. The van der Waals surface area contributed by atoms with Gasteiger partial charge in [-0.1, -0.05) is 18.2 Å². The highest BCUT2D eigenvalue weighted by atomic mass is 16.5. The standard InChI is InChI=1S/C19H34N4O2/c1-17-9-5-6-10-18(17)25-16-7-11-21-19(20-2)22-12-14-23(3)13-8-15-24-4/h5-6,9-10H,7-8,11-16H2,1-4H3,(H2,20,21,22). The number of ether oxygens (including phenoxy) is 2. The van der Waals surface area contributed by atoms with E-state index in [9.17, 15) is 0 Å². The first-order valence-corrected chi connectivity index (χ1v) is 8.97. The molecule has 6 nitrogen and oxygen atoms in total. The van der Waals surface area contributed by atoms with Crippen molar-refractivity contribution in [3.63, 3.8) is 0 Å². The van der Waals surface area contributed by atoms with E-state index in [0.29, 0.717) is 6.61 Å². The number of aryl methyl sites for hydroxylation is 1. The van der Waals surface area contributed by atoms with Crippen molar-refractivity contribution in [3.05, 3.63) is 29.8 Å². The van der Waals surface area contributed by atoms with Crippen molar-refractivity contribution in [1.29, 1.82) is 0 Å². The number of hydrogen-bond donors (Lipinski definition) is 2. The van der Waals surface area contributed by atoms with Crippen LogP contribution in [0.15, 0.2) is 29.3 Å². The normalized spacial score (nSPS) is 11.6. The van der Waals surface area contributed by atoms with Crippen molar-refractivity contribution in [2.75, 3.05) is 60.6 Å². The monoisotopic (exact) mass is 350 g/mol. The largest absolute Gasteiger partial charge is 0.493 e. The van der Waals surface area contributed by atoms with Crippen LogP contribution in [0.4, 0.5) is 0 Å². The quantitative estimate of drug-likeness (QED) is 0.343. The molecule has 0 unspecified atom stereocenters. The van der Waals surface area contributed by atoms with Gasteiger partial charge in [-0.3, -0.25) is 4.99 Å². The molecule has 0 saturated carbocycles. The molecular weight excluding hydrogens is 316 g/mol. The highest BCUT2D eigenvalue weighted by molar-refractivity contribution is 5.79. The maximum atomic E-state index is 5.79. The molecule has 0 amide bonds. The second-order valence-electron chi connectivity index (χ2n) is 6.04. The van der Waals surface area contributed by atoms with Gasteiger partial charge in [-0.25, -0.2) is 0 Å². The Kier molecular flexibility index (Phi) is 11.5. The summed E-state index contributed by atoms with van der Waals surface area (Å²) in [6.07, 6.45) is 1.98. The SMILES string of the molecule is CN=C(NCCCOc1ccccc1C)NCCN(C)CCCOC. The number of benzene rings is 1. The van der Waals surface area contributed by atoms with Crippen LogP contribution in [-0.2, 0) is 4.74 Å². The van der Waals surface area contributed by atoms with E-state index >= 15 is 0 Å². The van der Waals surface area contributed by atoms with Gasteiger partial charge >= 0.3 is 0 Å². The fraction of sp³-hybridized carbons (Fsp3) is 0.632. The molecule has 0 bridgehead atoms. The van der Waals surface area contributed by atoms with E-state index in [0.717, 1.165) is 57.3 Å². The number of nitrogens with one attached hydrogen (secondary N) is 2. The van der Waals surface area contributed by atoms with Crippen molar-refractivity contribution < 1.29 is 9.47 Å². The number of guanidine groups is 1. The molecule has 0 atom stereocenters.